The standard InChI is InChI=1S/C18H26N4O2.C2H6/c1-11-9-13(23-3)10-14-16(11)21-18(20)15(12(2)19)17(14)22-5-4-7-24-8-6-22;1-2/h9-10,12H,4-8,19H2,1-3H3,(H2,20,21);1-2H3. The highest BCUT2D eigenvalue weighted by atomic mass is 16.5. The van der Waals surface area contributed by atoms with Crippen LogP contribution in [0.15, 0.2) is 12.1 Å². The smallest absolute Gasteiger partial charge is 0.130 e. The van der Waals surface area contributed by atoms with Crippen molar-refractivity contribution in [3.05, 3.63) is 23.3 Å². The maximum Gasteiger partial charge on any atom is 0.130 e. The summed E-state index contributed by atoms with van der Waals surface area (Å²) in [5.41, 5.74) is 16.5. The van der Waals surface area contributed by atoms with Gasteiger partial charge in [0.15, 0.2) is 0 Å². The van der Waals surface area contributed by atoms with Crippen molar-refractivity contribution in [3.63, 3.8) is 0 Å². The number of hydrogen-bond acceptors (Lipinski definition) is 6. The van der Waals surface area contributed by atoms with Crippen molar-refractivity contribution in [1.82, 2.24) is 4.98 Å². The molecule has 144 valence electrons. The molecule has 0 spiro atoms. The lowest BCUT2D eigenvalue weighted by molar-refractivity contribution is 0.152. The molecule has 3 rings (SSSR count). The fourth-order valence-electron chi connectivity index (χ4n) is 3.40. The average Bonchev–Trinajstić information content (AvgIpc) is 2.91. The van der Waals surface area contributed by atoms with Crippen LogP contribution in [0, 0.1) is 6.92 Å². The summed E-state index contributed by atoms with van der Waals surface area (Å²) in [7, 11) is 1.68. The SMILES string of the molecule is CC.COc1cc(C)c2nc(N)c(C(C)N)c(N3CCCOCC3)c2c1. The molecule has 1 aromatic heterocycles. The largest absolute Gasteiger partial charge is 0.497 e. The lowest BCUT2D eigenvalue weighted by atomic mass is 9.99. The van der Waals surface area contributed by atoms with Crippen molar-refractivity contribution < 1.29 is 9.47 Å². The summed E-state index contributed by atoms with van der Waals surface area (Å²) in [5, 5.41) is 1.04. The van der Waals surface area contributed by atoms with Crippen molar-refractivity contribution in [2.24, 2.45) is 5.73 Å². The van der Waals surface area contributed by atoms with E-state index in [1.807, 2.05) is 39.8 Å². The van der Waals surface area contributed by atoms with E-state index < -0.39 is 0 Å². The second kappa shape index (κ2) is 9.05. The summed E-state index contributed by atoms with van der Waals surface area (Å²) in [6.45, 7) is 11.2. The van der Waals surface area contributed by atoms with E-state index in [1.165, 1.54) is 0 Å². The second-order valence-corrected chi connectivity index (χ2v) is 6.34. The molecule has 0 amide bonds. The zero-order valence-electron chi connectivity index (χ0n) is 16.6. The van der Waals surface area contributed by atoms with Crippen LogP contribution in [0.3, 0.4) is 0 Å². The first kappa shape index (κ1) is 20.3. The molecule has 0 saturated carbocycles. The van der Waals surface area contributed by atoms with Crippen LogP contribution in [0.1, 0.15) is 44.4 Å². The normalized spacial score (nSPS) is 15.8. The van der Waals surface area contributed by atoms with Gasteiger partial charge in [0.25, 0.3) is 0 Å². The molecule has 0 aliphatic carbocycles. The number of fused-ring (bicyclic) bond motifs is 1. The van der Waals surface area contributed by atoms with Crippen LogP contribution in [-0.2, 0) is 4.74 Å². The first-order valence-electron chi connectivity index (χ1n) is 9.39. The van der Waals surface area contributed by atoms with Crippen LogP contribution in [0.2, 0.25) is 0 Å². The quantitative estimate of drug-likeness (QED) is 0.872. The molecule has 0 radical (unpaired) electrons. The topological polar surface area (TPSA) is 86.6 Å². The molecule has 1 atom stereocenters. The Balaban J connectivity index is 0.00000117. The molecule has 1 saturated heterocycles. The molecule has 6 nitrogen and oxygen atoms in total. The number of nitrogens with two attached hydrogens (primary N) is 2. The number of methoxy groups -OCH3 is 1. The maximum absolute atomic E-state index is 6.29. The van der Waals surface area contributed by atoms with Crippen LogP contribution in [0.4, 0.5) is 11.5 Å². The first-order chi connectivity index (χ1) is 12.5. The van der Waals surface area contributed by atoms with E-state index in [9.17, 15) is 0 Å². The molecule has 2 heterocycles. The van der Waals surface area contributed by atoms with Crippen LogP contribution >= 0.6 is 0 Å². The first-order valence-corrected chi connectivity index (χ1v) is 9.39. The Kier molecular flexibility index (Phi) is 7.06. The molecular weight excluding hydrogens is 328 g/mol. The Morgan fingerprint density at radius 3 is 2.62 bits per heavy atom. The molecule has 1 aliphatic heterocycles. The third-order valence-corrected chi connectivity index (χ3v) is 4.52. The predicted octanol–water partition coefficient (Wildman–Crippen LogP) is 3.41. The van der Waals surface area contributed by atoms with E-state index in [2.05, 4.69) is 9.88 Å². The van der Waals surface area contributed by atoms with Crippen LogP contribution in [0.5, 0.6) is 5.75 Å². The fourth-order valence-corrected chi connectivity index (χ4v) is 3.40. The summed E-state index contributed by atoms with van der Waals surface area (Å²) in [4.78, 5) is 6.96. The summed E-state index contributed by atoms with van der Waals surface area (Å²) in [6, 6.07) is 3.81. The van der Waals surface area contributed by atoms with Gasteiger partial charge in [-0.05, 0) is 38.0 Å². The van der Waals surface area contributed by atoms with Gasteiger partial charge in [0.05, 0.1) is 24.9 Å². The van der Waals surface area contributed by atoms with E-state index in [4.69, 9.17) is 20.9 Å². The number of ether oxygens (including phenoxy) is 2. The van der Waals surface area contributed by atoms with Crippen molar-refractivity contribution >= 4 is 22.4 Å². The van der Waals surface area contributed by atoms with E-state index in [0.29, 0.717) is 12.4 Å². The lowest BCUT2D eigenvalue weighted by Gasteiger charge is -2.29. The molecule has 1 fully saturated rings. The van der Waals surface area contributed by atoms with Crippen molar-refractivity contribution in [2.75, 3.05) is 44.0 Å². The van der Waals surface area contributed by atoms with E-state index in [1.54, 1.807) is 7.11 Å². The third-order valence-electron chi connectivity index (χ3n) is 4.52. The number of pyridine rings is 1. The highest BCUT2D eigenvalue weighted by Crippen LogP contribution is 2.39. The zero-order valence-corrected chi connectivity index (χ0v) is 16.6. The number of aryl methyl sites for hydroxylation is 1. The van der Waals surface area contributed by atoms with Gasteiger partial charge in [-0.2, -0.15) is 0 Å². The van der Waals surface area contributed by atoms with Gasteiger partial charge in [-0.3, -0.25) is 0 Å². The van der Waals surface area contributed by atoms with Crippen LogP contribution < -0.4 is 21.1 Å². The number of rotatable bonds is 3. The molecule has 0 bridgehead atoms. The van der Waals surface area contributed by atoms with E-state index >= 15 is 0 Å². The average molecular weight is 361 g/mol. The summed E-state index contributed by atoms with van der Waals surface area (Å²) in [6.07, 6.45) is 0.977. The zero-order chi connectivity index (χ0) is 19.3. The maximum atomic E-state index is 6.29. The van der Waals surface area contributed by atoms with E-state index in [0.717, 1.165) is 59.6 Å². The van der Waals surface area contributed by atoms with Gasteiger partial charge < -0.3 is 25.8 Å². The highest BCUT2D eigenvalue weighted by molar-refractivity contribution is 5.98. The van der Waals surface area contributed by atoms with Crippen molar-refractivity contribution in [2.45, 2.75) is 40.2 Å². The molecular formula is C20H32N4O2. The number of hydrogen-bond donors (Lipinski definition) is 2. The van der Waals surface area contributed by atoms with Gasteiger partial charge in [-0.15, -0.1) is 0 Å². The summed E-state index contributed by atoms with van der Waals surface area (Å²) in [5.74, 6) is 1.32. The number of aromatic nitrogens is 1. The Labute approximate surface area is 156 Å². The second-order valence-electron chi connectivity index (χ2n) is 6.34. The molecule has 1 unspecified atom stereocenters. The molecule has 1 aliphatic rings. The minimum absolute atomic E-state index is 0.201. The van der Waals surface area contributed by atoms with Crippen LogP contribution in [0.25, 0.3) is 10.9 Å². The predicted molar refractivity (Wildman–Crippen MR) is 109 cm³/mol. The highest BCUT2D eigenvalue weighted by Gasteiger charge is 2.23. The number of nitrogens with zero attached hydrogens (tertiary/aromatic N) is 2. The molecule has 4 N–H and O–H groups in total. The number of anilines is 2. The van der Waals surface area contributed by atoms with Crippen LogP contribution in [-0.4, -0.2) is 38.4 Å². The van der Waals surface area contributed by atoms with Gasteiger partial charge in [-0.25, -0.2) is 4.98 Å². The molecule has 2 aromatic rings. The van der Waals surface area contributed by atoms with Gasteiger partial charge in [0.1, 0.15) is 11.6 Å². The number of nitrogen functional groups attached to an aromatic ring is 1. The molecule has 26 heavy (non-hydrogen) atoms. The Morgan fingerprint density at radius 1 is 1.23 bits per heavy atom. The Hall–Kier alpha value is -2.05. The van der Waals surface area contributed by atoms with Crippen molar-refractivity contribution in [1.29, 1.82) is 0 Å². The molecule has 1 aromatic carbocycles. The number of benzene rings is 1. The van der Waals surface area contributed by atoms with Gasteiger partial charge >= 0.3 is 0 Å². The lowest BCUT2D eigenvalue weighted by Crippen LogP contribution is -2.29. The fraction of sp³-hybridized carbons (Fsp3) is 0.550. The molecule has 6 heteroatoms. The van der Waals surface area contributed by atoms with E-state index in [-0.39, 0.29) is 6.04 Å². The third kappa shape index (κ3) is 4.02. The van der Waals surface area contributed by atoms with Gasteiger partial charge in [0, 0.05) is 36.7 Å². The summed E-state index contributed by atoms with van der Waals surface area (Å²) >= 11 is 0. The monoisotopic (exact) mass is 360 g/mol. The van der Waals surface area contributed by atoms with Gasteiger partial charge in [0.2, 0.25) is 0 Å². The minimum Gasteiger partial charge on any atom is -0.497 e. The van der Waals surface area contributed by atoms with Crippen molar-refractivity contribution in [3.8, 4) is 5.75 Å². The Morgan fingerprint density at radius 2 is 1.96 bits per heavy atom. The van der Waals surface area contributed by atoms with Gasteiger partial charge in [-0.1, -0.05) is 13.8 Å². The minimum atomic E-state index is -0.201. The Bertz CT molecular complexity index is 738. The summed E-state index contributed by atoms with van der Waals surface area (Å²) < 4.78 is 11.1.